The molecule has 2 spiro atoms. The van der Waals surface area contributed by atoms with Gasteiger partial charge >= 0.3 is 6.03 Å². The third-order valence-corrected chi connectivity index (χ3v) is 18.5. The number of piperidine rings is 5. The lowest BCUT2D eigenvalue weighted by atomic mass is 9.74. The molecule has 0 saturated carbocycles. The van der Waals surface area contributed by atoms with Crippen LogP contribution in [0.3, 0.4) is 0 Å². The summed E-state index contributed by atoms with van der Waals surface area (Å²) in [6, 6.07) is 32.8. The zero-order valence-corrected chi connectivity index (χ0v) is 48.7. The summed E-state index contributed by atoms with van der Waals surface area (Å²) >= 11 is 0. The lowest BCUT2D eigenvalue weighted by Gasteiger charge is -2.45. The molecule has 4 aromatic carbocycles. The first kappa shape index (κ1) is 59.3. The van der Waals surface area contributed by atoms with Gasteiger partial charge in [-0.3, -0.25) is 18.7 Å². The van der Waals surface area contributed by atoms with Gasteiger partial charge in [0.15, 0.2) is 5.54 Å². The van der Waals surface area contributed by atoms with Crippen molar-refractivity contribution in [3.63, 3.8) is 0 Å². The molecular formula is C60H79N9O10S2. The predicted molar refractivity (Wildman–Crippen MR) is 309 cm³/mol. The van der Waals surface area contributed by atoms with Gasteiger partial charge in [0.2, 0.25) is 21.8 Å². The van der Waals surface area contributed by atoms with E-state index in [2.05, 4.69) is 61.9 Å². The number of likely N-dealkylation sites (tertiary alicyclic amines) is 2. The van der Waals surface area contributed by atoms with Crippen molar-refractivity contribution in [1.29, 1.82) is 0 Å². The van der Waals surface area contributed by atoms with Gasteiger partial charge in [-0.25, -0.2) is 21.6 Å². The number of anilines is 1. The second-order valence-electron chi connectivity index (χ2n) is 23.7. The quantitative estimate of drug-likeness (QED) is 0.104. The molecule has 3 atom stereocenters. The van der Waals surface area contributed by atoms with Crippen molar-refractivity contribution >= 4 is 60.5 Å². The molecule has 5 fully saturated rings. The van der Waals surface area contributed by atoms with Crippen LogP contribution >= 0.6 is 0 Å². The number of aryl methyl sites for hydroxylation is 1. The van der Waals surface area contributed by atoms with Crippen molar-refractivity contribution in [2.75, 3.05) is 75.8 Å². The maximum absolute atomic E-state index is 14.0. The number of para-hydroxylation sites is 2. The zero-order chi connectivity index (χ0) is 57.7. The second kappa shape index (κ2) is 24.6. The number of aromatic amines is 1. The van der Waals surface area contributed by atoms with Crippen LogP contribution in [0.25, 0.3) is 10.9 Å². The van der Waals surface area contributed by atoms with Crippen LogP contribution in [0.5, 0.6) is 0 Å². The van der Waals surface area contributed by atoms with Crippen LogP contribution in [0.2, 0.25) is 0 Å². The minimum Gasteiger partial charge on any atom is -0.748 e. The number of hydrogen-bond acceptors (Lipinski definition) is 11. The van der Waals surface area contributed by atoms with Crippen molar-refractivity contribution < 1.29 is 51.0 Å². The molecule has 1 aromatic heterocycles. The van der Waals surface area contributed by atoms with Crippen LogP contribution in [0, 0.1) is 5.92 Å². The average Bonchev–Trinajstić information content (AvgIpc) is 4.35. The Morgan fingerprint density at radius 2 is 1.32 bits per heavy atom. The third-order valence-electron chi connectivity index (χ3n) is 17.4. The number of quaternary nitrogens is 1. The van der Waals surface area contributed by atoms with E-state index in [-0.39, 0.29) is 47.2 Å². The Kier molecular flexibility index (Phi) is 18.0. The SMILES string of the molecule is CC(C)([NH3+])C(=O)N[C@H](COCc1ccccc1)C(=O)N1CCC2(CC1)CN(S(C)(=O)=O)c1ccccc12.CS(=O)(=O)[O-].O=C(NC(Cc1c[nH]c2ccccc12)C(=O)N1CCC2(CCc3ccccc32)CC1)NC1CN2CCC1CC2. The van der Waals surface area contributed by atoms with Crippen LogP contribution in [0.4, 0.5) is 10.5 Å². The number of amides is 5. The normalized spacial score (nSPS) is 21.4. The second-order valence-corrected chi connectivity index (χ2v) is 27.1. The first-order valence-corrected chi connectivity index (χ1v) is 31.9. The molecule has 81 heavy (non-hydrogen) atoms. The van der Waals surface area contributed by atoms with Gasteiger partial charge in [0.25, 0.3) is 5.91 Å². The van der Waals surface area contributed by atoms with Gasteiger partial charge in [-0.2, -0.15) is 0 Å². The van der Waals surface area contributed by atoms with Crippen molar-refractivity contribution in [2.24, 2.45) is 5.92 Å². The van der Waals surface area contributed by atoms with Crippen LogP contribution in [0.15, 0.2) is 109 Å². The van der Waals surface area contributed by atoms with Crippen LogP contribution in [0.1, 0.15) is 86.6 Å². The minimum absolute atomic E-state index is 0.0329. The molecule has 2 unspecified atom stereocenters. The van der Waals surface area contributed by atoms with Gasteiger partial charge < -0.3 is 50.7 Å². The Bertz CT molecular complexity index is 3260. The fraction of sp³-hybridized carbons (Fsp3) is 0.500. The number of urea groups is 1. The molecule has 12 rings (SSSR count). The van der Waals surface area contributed by atoms with Gasteiger partial charge in [-0.1, -0.05) is 91.0 Å². The Morgan fingerprint density at radius 3 is 1.95 bits per heavy atom. The number of aromatic nitrogens is 1. The number of sulfonamides is 1. The fourth-order valence-corrected chi connectivity index (χ4v) is 14.0. The molecule has 7 N–H and O–H groups in total. The minimum atomic E-state index is -3.92. The van der Waals surface area contributed by atoms with Crippen molar-refractivity contribution in [2.45, 2.75) is 113 Å². The van der Waals surface area contributed by atoms with E-state index in [0.717, 1.165) is 98.1 Å². The number of benzene rings is 4. The molecule has 21 heteroatoms. The molecule has 7 aliphatic rings. The number of H-pyrrole nitrogens is 1. The summed E-state index contributed by atoms with van der Waals surface area (Å²) < 4.78 is 59.5. The van der Waals surface area contributed by atoms with Gasteiger partial charge in [0.05, 0.1) is 35.3 Å². The molecule has 5 amide bonds. The number of rotatable bonds is 13. The zero-order valence-electron chi connectivity index (χ0n) is 47.0. The lowest BCUT2D eigenvalue weighted by molar-refractivity contribution is -0.446. The van der Waals surface area contributed by atoms with E-state index in [4.69, 9.17) is 17.7 Å². The smallest absolute Gasteiger partial charge is 0.315 e. The number of ether oxygens (including phenoxy) is 1. The summed E-state index contributed by atoms with van der Waals surface area (Å²) in [5, 5.41) is 10.3. The van der Waals surface area contributed by atoms with E-state index in [1.54, 1.807) is 18.7 Å². The van der Waals surface area contributed by atoms with Crippen LogP contribution < -0.4 is 26.0 Å². The van der Waals surface area contributed by atoms with Gasteiger partial charge in [-0.05, 0) is 130 Å². The third kappa shape index (κ3) is 14.3. The summed E-state index contributed by atoms with van der Waals surface area (Å²) in [6.07, 6.45) is 12.1. The summed E-state index contributed by atoms with van der Waals surface area (Å²) in [6.45, 7) is 9.72. The summed E-state index contributed by atoms with van der Waals surface area (Å²) in [4.78, 5) is 63.1. The van der Waals surface area contributed by atoms with E-state index >= 15 is 0 Å². The van der Waals surface area contributed by atoms with E-state index in [1.165, 1.54) is 28.1 Å². The maximum atomic E-state index is 14.0. The highest BCUT2D eigenvalue weighted by molar-refractivity contribution is 7.92. The van der Waals surface area contributed by atoms with E-state index < -0.39 is 37.8 Å². The lowest BCUT2D eigenvalue weighted by Crippen LogP contribution is -2.76. The molecule has 2 bridgehead atoms. The number of nitrogens with zero attached hydrogens (tertiary/aromatic N) is 4. The predicted octanol–water partition coefficient (Wildman–Crippen LogP) is 4.19. The first-order chi connectivity index (χ1) is 38.5. The highest BCUT2D eigenvalue weighted by Gasteiger charge is 2.48. The fourth-order valence-electron chi connectivity index (χ4n) is 13.0. The largest absolute Gasteiger partial charge is 0.748 e. The molecule has 436 valence electrons. The Morgan fingerprint density at radius 1 is 0.741 bits per heavy atom. The number of hydrogen-bond donors (Lipinski definition) is 5. The average molecular weight is 1150 g/mol. The molecular weight excluding hydrogens is 1070 g/mol. The molecule has 1 aliphatic carbocycles. The van der Waals surface area contributed by atoms with E-state index in [0.29, 0.717) is 57.7 Å². The van der Waals surface area contributed by atoms with Crippen molar-refractivity contribution in [1.82, 2.24) is 35.6 Å². The van der Waals surface area contributed by atoms with E-state index in [1.807, 2.05) is 83.9 Å². The van der Waals surface area contributed by atoms with Crippen molar-refractivity contribution in [3.8, 4) is 0 Å². The van der Waals surface area contributed by atoms with Gasteiger partial charge in [-0.15, -0.1) is 0 Å². The molecule has 6 aliphatic heterocycles. The van der Waals surface area contributed by atoms with Gasteiger partial charge in [0.1, 0.15) is 12.1 Å². The Labute approximate surface area is 476 Å². The Balaban J connectivity index is 0.000000181. The molecule has 19 nitrogen and oxygen atoms in total. The van der Waals surface area contributed by atoms with Gasteiger partial charge in [0, 0.05) is 80.5 Å². The first-order valence-electron chi connectivity index (χ1n) is 28.3. The number of carbonyl (C=O) groups excluding carboxylic acids is 4. The Hall–Kier alpha value is -6.36. The molecule has 5 aromatic rings. The van der Waals surface area contributed by atoms with Crippen LogP contribution in [-0.4, -0.2) is 160 Å². The maximum Gasteiger partial charge on any atom is 0.315 e. The number of fused-ring (bicyclic) bond motifs is 8. The van der Waals surface area contributed by atoms with Crippen molar-refractivity contribution in [3.05, 3.63) is 137 Å². The highest BCUT2D eigenvalue weighted by atomic mass is 32.2. The number of nitrogens with one attached hydrogen (secondary N) is 4. The number of carbonyl (C=O) groups is 4. The standard InChI is InChI=1S/C32H39N5O2.C27H36N4O5S.CH4O3S/c38-30(37-17-13-32(14-18-37)12-9-22-5-1-3-7-26(22)32)28(19-24-20-33-27-8-4-2-6-25(24)27)34-31(39)35-29-21-36-15-10-23(29)11-16-36;1-26(2,28)25(33)29-22(18-36-17-20-9-5-4-6-10-20)24(32)30-15-13-27(14-16-30)19-31(37(3,34)35)23-12-8-7-11-21(23)27;1-5(2,3)4/h1-8,20,23,28-29,33H,9-19,21H2,(H2,34,35,39);4-12,22H,13-19,28H2,1-3H3,(H,29,33);1H3,(H,2,3,4)/t;22-;/m.1./s1. The topological polar surface area (TPSA) is 261 Å². The molecule has 7 heterocycles. The summed E-state index contributed by atoms with van der Waals surface area (Å²) in [7, 11) is -7.33. The molecule has 5 saturated heterocycles. The molecule has 0 radical (unpaired) electrons. The monoisotopic (exact) mass is 1150 g/mol. The summed E-state index contributed by atoms with van der Waals surface area (Å²) in [5.74, 6) is 0.0458. The highest BCUT2D eigenvalue weighted by Crippen LogP contribution is 2.48. The van der Waals surface area contributed by atoms with E-state index in [9.17, 15) is 27.6 Å². The van der Waals surface area contributed by atoms with Crippen LogP contribution in [-0.2, 0) is 69.5 Å². The summed E-state index contributed by atoms with van der Waals surface area (Å²) in [5.41, 5.74) is 10.6.